The molecule has 4 nitrogen and oxygen atoms in total. The zero-order valence-electron chi connectivity index (χ0n) is 13.9. The van der Waals surface area contributed by atoms with Crippen LogP contribution in [0.1, 0.15) is 5.56 Å². The second kappa shape index (κ2) is 8.27. The Hall–Kier alpha value is -1.47. The fraction of sp³-hybridized carbons (Fsp3) is 0.263. The fourth-order valence-corrected chi connectivity index (χ4v) is 5.23. The molecule has 3 rings (SSSR count). The van der Waals surface area contributed by atoms with Crippen LogP contribution in [0.15, 0.2) is 70.0 Å². The third-order valence-electron chi connectivity index (χ3n) is 4.26. The Balaban J connectivity index is 1.57. The van der Waals surface area contributed by atoms with Gasteiger partial charge in [0.2, 0.25) is 10.0 Å². The molecular formula is C19H21BrN2O2S. The molecule has 0 amide bonds. The molecule has 0 spiro atoms. The highest BCUT2D eigenvalue weighted by molar-refractivity contribution is 9.10. The van der Waals surface area contributed by atoms with E-state index < -0.39 is 10.0 Å². The molecule has 2 aromatic carbocycles. The normalized spacial score (nSPS) is 17.2. The van der Waals surface area contributed by atoms with Crippen LogP contribution in [-0.2, 0) is 10.0 Å². The molecule has 0 bridgehead atoms. The van der Waals surface area contributed by atoms with Crippen molar-refractivity contribution in [1.29, 1.82) is 0 Å². The fourth-order valence-electron chi connectivity index (χ4n) is 2.85. The first-order chi connectivity index (χ1) is 12.1. The van der Waals surface area contributed by atoms with Crippen LogP contribution in [-0.4, -0.2) is 50.3 Å². The summed E-state index contributed by atoms with van der Waals surface area (Å²) in [6, 6.07) is 17.2. The van der Waals surface area contributed by atoms with Crippen LogP contribution in [0.5, 0.6) is 0 Å². The molecule has 0 N–H and O–H groups in total. The first kappa shape index (κ1) is 18.3. The SMILES string of the molecule is O=S(=O)(c1ccccc1Br)N1CCN(C/C=C/c2ccccc2)CC1. The lowest BCUT2D eigenvalue weighted by atomic mass is 10.2. The smallest absolute Gasteiger partial charge is 0.244 e. The monoisotopic (exact) mass is 420 g/mol. The van der Waals surface area contributed by atoms with Crippen molar-refractivity contribution in [1.82, 2.24) is 9.21 Å². The molecule has 0 saturated carbocycles. The molecule has 25 heavy (non-hydrogen) atoms. The first-order valence-corrected chi connectivity index (χ1v) is 10.5. The van der Waals surface area contributed by atoms with E-state index in [9.17, 15) is 8.42 Å². The number of nitrogens with zero attached hydrogens (tertiary/aromatic N) is 2. The summed E-state index contributed by atoms with van der Waals surface area (Å²) in [7, 11) is -3.44. The molecule has 2 aromatic rings. The average Bonchev–Trinajstić information content (AvgIpc) is 2.63. The lowest BCUT2D eigenvalue weighted by molar-refractivity contribution is 0.204. The zero-order valence-corrected chi connectivity index (χ0v) is 16.3. The van der Waals surface area contributed by atoms with E-state index in [1.54, 1.807) is 22.5 Å². The van der Waals surface area contributed by atoms with E-state index >= 15 is 0 Å². The summed E-state index contributed by atoms with van der Waals surface area (Å²) in [5.74, 6) is 0. The minimum atomic E-state index is -3.44. The molecule has 1 heterocycles. The first-order valence-electron chi connectivity index (χ1n) is 8.26. The summed E-state index contributed by atoms with van der Waals surface area (Å²) in [4.78, 5) is 2.61. The predicted molar refractivity (Wildman–Crippen MR) is 105 cm³/mol. The zero-order chi connectivity index (χ0) is 17.7. The number of halogens is 1. The molecule has 6 heteroatoms. The van der Waals surface area contributed by atoms with E-state index in [1.807, 2.05) is 24.3 Å². The predicted octanol–water partition coefficient (Wildman–Crippen LogP) is 3.47. The van der Waals surface area contributed by atoms with Gasteiger partial charge in [-0.05, 0) is 33.6 Å². The molecule has 1 aliphatic heterocycles. The molecule has 0 atom stereocenters. The molecule has 0 aromatic heterocycles. The molecule has 0 unspecified atom stereocenters. The van der Waals surface area contributed by atoms with Crippen molar-refractivity contribution in [3.8, 4) is 0 Å². The van der Waals surface area contributed by atoms with Gasteiger partial charge in [-0.15, -0.1) is 0 Å². The van der Waals surface area contributed by atoms with Crippen LogP contribution in [0.25, 0.3) is 6.08 Å². The van der Waals surface area contributed by atoms with Crippen LogP contribution < -0.4 is 0 Å². The van der Waals surface area contributed by atoms with Gasteiger partial charge in [0.15, 0.2) is 0 Å². The molecule has 1 fully saturated rings. The van der Waals surface area contributed by atoms with Gasteiger partial charge < -0.3 is 0 Å². The summed E-state index contributed by atoms with van der Waals surface area (Å²) in [5.41, 5.74) is 1.18. The maximum Gasteiger partial charge on any atom is 0.244 e. The summed E-state index contributed by atoms with van der Waals surface area (Å²) >= 11 is 3.34. The lowest BCUT2D eigenvalue weighted by Gasteiger charge is -2.33. The van der Waals surface area contributed by atoms with Crippen LogP contribution in [0, 0.1) is 0 Å². The minimum Gasteiger partial charge on any atom is -0.297 e. The van der Waals surface area contributed by atoms with E-state index in [-0.39, 0.29) is 0 Å². The van der Waals surface area contributed by atoms with Gasteiger partial charge in [0, 0.05) is 37.2 Å². The highest BCUT2D eigenvalue weighted by Crippen LogP contribution is 2.25. The number of hydrogen-bond acceptors (Lipinski definition) is 3. The van der Waals surface area contributed by atoms with Crippen molar-refractivity contribution in [2.24, 2.45) is 0 Å². The minimum absolute atomic E-state index is 0.340. The van der Waals surface area contributed by atoms with Gasteiger partial charge in [-0.1, -0.05) is 54.6 Å². The summed E-state index contributed by atoms with van der Waals surface area (Å²) in [6.07, 6.45) is 4.23. The second-order valence-electron chi connectivity index (χ2n) is 5.95. The van der Waals surface area contributed by atoms with Gasteiger partial charge in [-0.3, -0.25) is 4.90 Å². The standard InChI is InChI=1S/C19H21BrN2O2S/c20-18-10-4-5-11-19(18)25(23,24)22-15-13-21(14-16-22)12-6-9-17-7-2-1-3-8-17/h1-11H,12-16H2/b9-6+. The van der Waals surface area contributed by atoms with Gasteiger partial charge >= 0.3 is 0 Å². The summed E-state index contributed by atoms with van der Waals surface area (Å²) < 4.78 is 27.7. The summed E-state index contributed by atoms with van der Waals surface area (Å²) in [6.45, 7) is 3.34. The van der Waals surface area contributed by atoms with Crippen molar-refractivity contribution < 1.29 is 8.42 Å². The lowest BCUT2D eigenvalue weighted by Crippen LogP contribution is -2.48. The van der Waals surface area contributed by atoms with Gasteiger partial charge in [0.05, 0.1) is 4.90 Å². The molecule has 1 saturated heterocycles. The Kier molecular flexibility index (Phi) is 6.06. The Morgan fingerprint density at radius 2 is 1.56 bits per heavy atom. The van der Waals surface area contributed by atoms with Crippen molar-refractivity contribution in [3.63, 3.8) is 0 Å². The van der Waals surface area contributed by atoms with Crippen molar-refractivity contribution in [3.05, 3.63) is 70.7 Å². The number of sulfonamides is 1. The van der Waals surface area contributed by atoms with Crippen LogP contribution in [0.2, 0.25) is 0 Å². The van der Waals surface area contributed by atoms with Gasteiger partial charge in [0.1, 0.15) is 0 Å². The second-order valence-corrected chi connectivity index (χ2v) is 8.71. The molecule has 0 radical (unpaired) electrons. The summed E-state index contributed by atoms with van der Waals surface area (Å²) in [5, 5.41) is 0. The van der Waals surface area contributed by atoms with E-state index in [4.69, 9.17) is 0 Å². The van der Waals surface area contributed by atoms with Crippen LogP contribution >= 0.6 is 15.9 Å². The Morgan fingerprint density at radius 3 is 2.24 bits per heavy atom. The van der Waals surface area contributed by atoms with Gasteiger partial charge in [-0.2, -0.15) is 4.31 Å². The number of piperazine rings is 1. The Bertz CT molecular complexity index is 830. The van der Waals surface area contributed by atoms with Crippen LogP contribution in [0.4, 0.5) is 0 Å². The number of hydrogen-bond donors (Lipinski definition) is 0. The average molecular weight is 421 g/mol. The molecular weight excluding hydrogens is 400 g/mol. The Morgan fingerprint density at radius 1 is 0.920 bits per heavy atom. The molecule has 132 valence electrons. The van der Waals surface area contributed by atoms with E-state index in [2.05, 4.69) is 45.1 Å². The largest absolute Gasteiger partial charge is 0.297 e. The Labute approximate surface area is 157 Å². The van der Waals surface area contributed by atoms with Crippen molar-refractivity contribution >= 4 is 32.0 Å². The van der Waals surface area contributed by atoms with Crippen molar-refractivity contribution in [2.45, 2.75) is 4.90 Å². The van der Waals surface area contributed by atoms with Gasteiger partial charge in [0.25, 0.3) is 0 Å². The van der Waals surface area contributed by atoms with Crippen molar-refractivity contribution in [2.75, 3.05) is 32.7 Å². The quantitative estimate of drug-likeness (QED) is 0.743. The van der Waals surface area contributed by atoms with E-state index in [1.165, 1.54) is 5.56 Å². The van der Waals surface area contributed by atoms with Crippen LogP contribution in [0.3, 0.4) is 0 Å². The molecule has 1 aliphatic rings. The number of rotatable bonds is 5. The molecule has 0 aliphatic carbocycles. The maximum atomic E-state index is 12.8. The third kappa shape index (κ3) is 4.58. The van der Waals surface area contributed by atoms with E-state index in [0.29, 0.717) is 22.5 Å². The van der Waals surface area contributed by atoms with E-state index in [0.717, 1.165) is 19.6 Å². The highest BCUT2D eigenvalue weighted by atomic mass is 79.9. The van der Waals surface area contributed by atoms with Gasteiger partial charge in [-0.25, -0.2) is 8.42 Å². The maximum absolute atomic E-state index is 12.8. The highest BCUT2D eigenvalue weighted by Gasteiger charge is 2.29. The number of benzene rings is 2. The topological polar surface area (TPSA) is 40.6 Å². The third-order valence-corrected chi connectivity index (χ3v) is 7.17.